The highest BCUT2D eigenvalue weighted by atomic mass is 19.1. The van der Waals surface area contributed by atoms with Crippen molar-refractivity contribution in [1.82, 2.24) is 9.78 Å². The lowest BCUT2D eigenvalue weighted by Gasteiger charge is -2.11. The molecule has 1 unspecified atom stereocenters. The van der Waals surface area contributed by atoms with Crippen LogP contribution in [0.15, 0.2) is 30.3 Å². The second kappa shape index (κ2) is 6.33. The normalized spacial score (nSPS) is 12.0. The van der Waals surface area contributed by atoms with E-state index in [4.69, 9.17) is 0 Å². The quantitative estimate of drug-likeness (QED) is 0.679. The SMILES string of the molecule is Cc1cc([N+](=O)[O-])nn1CC(C)C(=O)Nc1cccc(F)c1. The lowest BCUT2D eigenvalue weighted by molar-refractivity contribution is -0.389. The molecule has 1 heterocycles. The van der Waals surface area contributed by atoms with Crippen LogP contribution in [0.2, 0.25) is 0 Å². The summed E-state index contributed by atoms with van der Waals surface area (Å²) in [5, 5.41) is 17.1. The molecule has 0 radical (unpaired) electrons. The van der Waals surface area contributed by atoms with Crippen molar-refractivity contribution < 1.29 is 14.1 Å². The molecule has 2 rings (SSSR count). The van der Waals surface area contributed by atoms with E-state index in [1.165, 1.54) is 28.9 Å². The number of nitro groups is 1. The zero-order valence-electron chi connectivity index (χ0n) is 12.1. The average molecular weight is 306 g/mol. The Morgan fingerprint density at radius 3 is 2.82 bits per heavy atom. The third-order valence-electron chi connectivity index (χ3n) is 3.14. The number of aromatic nitrogens is 2. The summed E-state index contributed by atoms with van der Waals surface area (Å²) in [5.41, 5.74) is 0.956. The number of anilines is 1. The van der Waals surface area contributed by atoms with E-state index < -0.39 is 16.7 Å². The van der Waals surface area contributed by atoms with Crippen LogP contribution in [0.25, 0.3) is 0 Å². The molecule has 0 spiro atoms. The van der Waals surface area contributed by atoms with Crippen LogP contribution < -0.4 is 5.32 Å². The maximum absolute atomic E-state index is 13.1. The van der Waals surface area contributed by atoms with Crippen LogP contribution in [0.4, 0.5) is 15.9 Å². The van der Waals surface area contributed by atoms with E-state index in [1.807, 2.05) is 0 Å². The van der Waals surface area contributed by atoms with Crippen molar-refractivity contribution in [3.05, 3.63) is 52.0 Å². The summed E-state index contributed by atoms with van der Waals surface area (Å²) in [6.45, 7) is 3.54. The maximum Gasteiger partial charge on any atom is 0.390 e. The van der Waals surface area contributed by atoms with Crippen molar-refractivity contribution in [2.24, 2.45) is 5.92 Å². The Morgan fingerprint density at radius 2 is 2.23 bits per heavy atom. The fourth-order valence-electron chi connectivity index (χ4n) is 1.94. The number of aryl methyl sites for hydroxylation is 1. The second-order valence-corrected chi connectivity index (χ2v) is 4.98. The van der Waals surface area contributed by atoms with Crippen LogP contribution in [-0.4, -0.2) is 20.6 Å². The van der Waals surface area contributed by atoms with Crippen LogP contribution in [0, 0.1) is 28.8 Å². The predicted molar refractivity (Wildman–Crippen MR) is 77.8 cm³/mol. The van der Waals surface area contributed by atoms with E-state index in [9.17, 15) is 19.3 Å². The lowest BCUT2D eigenvalue weighted by atomic mass is 10.1. The molecule has 1 amide bonds. The third-order valence-corrected chi connectivity index (χ3v) is 3.14. The Kier molecular flexibility index (Phi) is 4.50. The molecule has 2 aromatic rings. The molecule has 0 aliphatic carbocycles. The largest absolute Gasteiger partial charge is 0.390 e. The van der Waals surface area contributed by atoms with Crippen LogP contribution in [0.5, 0.6) is 0 Å². The van der Waals surface area contributed by atoms with Gasteiger partial charge in [0.1, 0.15) is 5.82 Å². The summed E-state index contributed by atoms with van der Waals surface area (Å²) < 4.78 is 14.5. The van der Waals surface area contributed by atoms with E-state index in [0.29, 0.717) is 11.4 Å². The van der Waals surface area contributed by atoms with E-state index in [-0.39, 0.29) is 18.3 Å². The molecule has 0 bridgehead atoms. The van der Waals surface area contributed by atoms with Gasteiger partial charge in [0.25, 0.3) is 0 Å². The minimum atomic E-state index is -0.582. The fourth-order valence-corrected chi connectivity index (χ4v) is 1.94. The van der Waals surface area contributed by atoms with Gasteiger partial charge in [-0.1, -0.05) is 13.0 Å². The first-order valence-corrected chi connectivity index (χ1v) is 6.62. The van der Waals surface area contributed by atoms with E-state index in [0.717, 1.165) is 0 Å². The van der Waals surface area contributed by atoms with Gasteiger partial charge >= 0.3 is 5.82 Å². The summed E-state index contributed by atoms with van der Waals surface area (Å²) >= 11 is 0. The predicted octanol–water partition coefficient (Wildman–Crippen LogP) is 2.51. The van der Waals surface area contributed by atoms with Gasteiger partial charge in [-0.05, 0) is 30.0 Å². The Bertz CT molecular complexity index is 714. The molecule has 1 aromatic heterocycles. The third kappa shape index (κ3) is 3.66. The van der Waals surface area contributed by atoms with Crippen LogP contribution in [-0.2, 0) is 11.3 Å². The average Bonchev–Trinajstić information content (AvgIpc) is 2.80. The van der Waals surface area contributed by atoms with Crippen molar-refractivity contribution in [3.63, 3.8) is 0 Å². The topological polar surface area (TPSA) is 90.1 Å². The van der Waals surface area contributed by atoms with Crippen LogP contribution in [0.1, 0.15) is 12.6 Å². The van der Waals surface area contributed by atoms with Crippen molar-refractivity contribution in [3.8, 4) is 0 Å². The molecule has 0 saturated carbocycles. The molecule has 7 nitrogen and oxygen atoms in total. The number of rotatable bonds is 5. The summed E-state index contributed by atoms with van der Waals surface area (Å²) in [6, 6.07) is 6.92. The number of nitrogens with zero attached hydrogens (tertiary/aromatic N) is 3. The number of amides is 1. The van der Waals surface area contributed by atoms with Crippen molar-refractivity contribution in [1.29, 1.82) is 0 Å². The Balaban J connectivity index is 2.04. The minimum Gasteiger partial charge on any atom is -0.358 e. The van der Waals surface area contributed by atoms with E-state index in [2.05, 4.69) is 10.4 Å². The molecule has 0 saturated heterocycles. The van der Waals surface area contributed by atoms with Crippen LogP contribution in [0.3, 0.4) is 0 Å². The first kappa shape index (κ1) is 15.6. The first-order valence-electron chi connectivity index (χ1n) is 6.62. The summed E-state index contributed by atoms with van der Waals surface area (Å²) in [5.74, 6) is -1.50. The second-order valence-electron chi connectivity index (χ2n) is 4.98. The van der Waals surface area contributed by atoms with Gasteiger partial charge < -0.3 is 15.4 Å². The molecular formula is C14H15FN4O3. The number of carbonyl (C=O) groups is 1. The molecular weight excluding hydrogens is 291 g/mol. The van der Waals surface area contributed by atoms with E-state index >= 15 is 0 Å². The number of hydrogen-bond donors (Lipinski definition) is 1. The molecule has 0 fully saturated rings. The molecule has 1 atom stereocenters. The number of hydrogen-bond acceptors (Lipinski definition) is 4. The molecule has 8 heteroatoms. The summed E-state index contributed by atoms with van der Waals surface area (Å²) in [4.78, 5) is 22.2. The van der Waals surface area contributed by atoms with Gasteiger partial charge in [-0.2, -0.15) is 4.68 Å². The van der Waals surface area contributed by atoms with Gasteiger partial charge in [-0.25, -0.2) is 4.39 Å². The fraction of sp³-hybridized carbons (Fsp3) is 0.286. The van der Waals surface area contributed by atoms with Crippen molar-refractivity contribution >= 4 is 17.4 Å². The number of carbonyl (C=O) groups excluding carboxylic acids is 1. The number of halogens is 1. The zero-order valence-corrected chi connectivity index (χ0v) is 12.1. The lowest BCUT2D eigenvalue weighted by Crippen LogP contribution is -2.25. The first-order chi connectivity index (χ1) is 10.4. The molecule has 1 aromatic carbocycles. The number of nitrogens with one attached hydrogen (secondary N) is 1. The molecule has 0 aliphatic heterocycles. The maximum atomic E-state index is 13.1. The van der Waals surface area contributed by atoms with Crippen LogP contribution >= 0.6 is 0 Å². The Hall–Kier alpha value is -2.77. The highest BCUT2D eigenvalue weighted by molar-refractivity contribution is 5.92. The van der Waals surface area contributed by atoms with Crippen molar-refractivity contribution in [2.45, 2.75) is 20.4 Å². The van der Waals surface area contributed by atoms with Gasteiger partial charge in [0.05, 0.1) is 29.3 Å². The van der Waals surface area contributed by atoms with E-state index in [1.54, 1.807) is 19.9 Å². The highest BCUT2D eigenvalue weighted by Crippen LogP contribution is 2.15. The van der Waals surface area contributed by atoms with Gasteiger partial charge in [0.2, 0.25) is 5.91 Å². The minimum absolute atomic E-state index is 0.195. The standard InChI is InChI=1S/C14H15FN4O3/c1-9(8-18-10(2)6-13(17-18)19(21)22)14(20)16-12-5-3-4-11(15)7-12/h3-7,9H,8H2,1-2H3,(H,16,20). The number of benzene rings is 1. The highest BCUT2D eigenvalue weighted by Gasteiger charge is 2.20. The molecule has 116 valence electrons. The van der Waals surface area contributed by atoms with Gasteiger partial charge in [-0.15, -0.1) is 0 Å². The smallest absolute Gasteiger partial charge is 0.358 e. The Morgan fingerprint density at radius 1 is 1.50 bits per heavy atom. The molecule has 22 heavy (non-hydrogen) atoms. The summed E-state index contributed by atoms with van der Waals surface area (Å²) in [7, 11) is 0. The Labute approximate surface area is 125 Å². The van der Waals surface area contributed by atoms with Gasteiger partial charge in [0, 0.05) is 5.69 Å². The van der Waals surface area contributed by atoms with Crippen molar-refractivity contribution in [2.75, 3.05) is 5.32 Å². The summed E-state index contributed by atoms with van der Waals surface area (Å²) in [6.07, 6.45) is 0. The monoisotopic (exact) mass is 306 g/mol. The molecule has 1 N–H and O–H groups in total. The molecule has 0 aliphatic rings. The van der Waals surface area contributed by atoms with Gasteiger partial charge in [-0.3, -0.25) is 4.79 Å². The zero-order chi connectivity index (χ0) is 16.3. The van der Waals surface area contributed by atoms with Gasteiger partial charge in [0.15, 0.2) is 0 Å².